The molecule has 1 aliphatic heterocycles. The van der Waals surface area contributed by atoms with E-state index in [0.29, 0.717) is 5.15 Å². The molecule has 2 N–H and O–H groups in total. The summed E-state index contributed by atoms with van der Waals surface area (Å²) in [5.74, 6) is -0.121. The number of carbonyl (C=O) groups excluding carboxylic acids is 1. The van der Waals surface area contributed by atoms with Crippen LogP contribution in [0.3, 0.4) is 0 Å². The van der Waals surface area contributed by atoms with Crippen molar-refractivity contribution in [3.8, 4) is 0 Å². The molecular weight excluding hydrogens is 238 g/mol. The molecular formula is C12H16ClN3O. The van der Waals surface area contributed by atoms with Gasteiger partial charge in [0.05, 0.1) is 0 Å². The van der Waals surface area contributed by atoms with Crippen molar-refractivity contribution < 1.29 is 4.79 Å². The van der Waals surface area contributed by atoms with Gasteiger partial charge in [0.15, 0.2) is 0 Å². The average Bonchev–Trinajstić information content (AvgIpc) is 2.29. The molecule has 0 radical (unpaired) electrons. The van der Waals surface area contributed by atoms with E-state index in [1.165, 1.54) is 0 Å². The monoisotopic (exact) mass is 253 g/mol. The van der Waals surface area contributed by atoms with Gasteiger partial charge >= 0.3 is 0 Å². The summed E-state index contributed by atoms with van der Waals surface area (Å²) >= 11 is 5.84. The minimum Gasteiger partial charge on any atom is -0.369 e. The first-order valence-corrected chi connectivity index (χ1v) is 6.15. The van der Waals surface area contributed by atoms with Crippen molar-refractivity contribution in [3.63, 3.8) is 0 Å². The number of rotatable bonds is 3. The summed E-state index contributed by atoms with van der Waals surface area (Å²) in [7, 11) is 0. The first kappa shape index (κ1) is 12.3. The van der Waals surface area contributed by atoms with Crippen LogP contribution >= 0.6 is 11.6 Å². The zero-order chi connectivity index (χ0) is 12.3. The van der Waals surface area contributed by atoms with Gasteiger partial charge in [-0.25, -0.2) is 4.98 Å². The van der Waals surface area contributed by atoms with Crippen LogP contribution in [-0.2, 0) is 11.3 Å². The second-order valence-electron chi connectivity index (χ2n) is 4.44. The number of piperidine rings is 1. The van der Waals surface area contributed by atoms with Crippen LogP contribution in [0.5, 0.6) is 0 Å². The Morgan fingerprint density at radius 2 is 2.24 bits per heavy atom. The van der Waals surface area contributed by atoms with Gasteiger partial charge in [-0.2, -0.15) is 0 Å². The Morgan fingerprint density at radius 3 is 2.82 bits per heavy atom. The summed E-state index contributed by atoms with van der Waals surface area (Å²) in [4.78, 5) is 17.3. The summed E-state index contributed by atoms with van der Waals surface area (Å²) < 4.78 is 0. The van der Waals surface area contributed by atoms with Gasteiger partial charge in [-0.3, -0.25) is 9.69 Å². The number of carbonyl (C=O) groups is 1. The maximum atomic E-state index is 11.0. The van der Waals surface area contributed by atoms with Crippen molar-refractivity contribution in [1.82, 2.24) is 9.88 Å². The third-order valence-electron chi connectivity index (χ3n) is 3.19. The molecule has 4 nitrogen and oxygen atoms in total. The Kier molecular flexibility index (Phi) is 3.97. The third kappa shape index (κ3) is 3.41. The van der Waals surface area contributed by atoms with Gasteiger partial charge in [0, 0.05) is 18.7 Å². The topological polar surface area (TPSA) is 59.2 Å². The van der Waals surface area contributed by atoms with E-state index in [-0.39, 0.29) is 11.8 Å². The van der Waals surface area contributed by atoms with Crippen LogP contribution in [0.15, 0.2) is 18.3 Å². The van der Waals surface area contributed by atoms with Crippen LogP contribution < -0.4 is 5.73 Å². The molecule has 5 heteroatoms. The normalized spacial score (nSPS) is 18.2. The molecule has 1 aromatic heterocycles. The summed E-state index contributed by atoms with van der Waals surface area (Å²) in [5.41, 5.74) is 6.46. The summed E-state index contributed by atoms with van der Waals surface area (Å²) in [6.07, 6.45) is 3.43. The molecule has 0 unspecified atom stereocenters. The van der Waals surface area contributed by atoms with E-state index in [1.807, 2.05) is 12.1 Å². The lowest BCUT2D eigenvalue weighted by Gasteiger charge is -2.30. The summed E-state index contributed by atoms with van der Waals surface area (Å²) in [5, 5.41) is 0.523. The van der Waals surface area contributed by atoms with Gasteiger partial charge in [0.25, 0.3) is 0 Å². The first-order valence-electron chi connectivity index (χ1n) is 5.77. The number of hydrogen-bond acceptors (Lipinski definition) is 3. The number of halogens is 1. The molecule has 1 fully saturated rings. The zero-order valence-electron chi connectivity index (χ0n) is 9.60. The second kappa shape index (κ2) is 5.47. The predicted molar refractivity (Wildman–Crippen MR) is 66.4 cm³/mol. The Labute approximate surface area is 106 Å². The Morgan fingerprint density at radius 1 is 1.53 bits per heavy atom. The maximum Gasteiger partial charge on any atom is 0.220 e. The molecule has 0 aliphatic carbocycles. The van der Waals surface area contributed by atoms with Gasteiger partial charge in [-0.1, -0.05) is 11.6 Å². The van der Waals surface area contributed by atoms with Gasteiger partial charge < -0.3 is 5.73 Å². The SMILES string of the molecule is NC(=O)C1CCN(Cc2ccnc(Cl)c2)CC1. The lowest BCUT2D eigenvalue weighted by Crippen LogP contribution is -2.38. The fourth-order valence-electron chi connectivity index (χ4n) is 2.17. The van der Waals surface area contributed by atoms with Crippen molar-refractivity contribution in [2.45, 2.75) is 19.4 Å². The Balaban J connectivity index is 1.88. The number of nitrogens with zero attached hydrogens (tertiary/aromatic N) is 2. The fourth-order valence-corrected chi connectivity index (χ4v) is 2.37. The third-order valence-corrected chi connectivity index (χ3v) is 3.39. The lowest BCUT2D eigenvalue weighted by molar-refractivity contribution is -0.123. The largest absolute Gasteiger partial charge is 0.369 e. The van der Waals surface area contributed by atoms with E-state index < -0.39 is 0 Å². The number of amides is 1. The molecule has 0 aromatic carbocycles. The van der Waals surface area contributed by atoms with E-state index in [9.17, 15) is 4.79 Å². The van der Waals surface area contributed by atoms with Crippen LogP contribution in [0.2, 0.25) is 5.15 Å². The number of hydrogen-bond donors (Lipinski definition) is 1. The molecule has 0 saturated carbocycles. The smallest absolute Gasteiger partial charge is 0.220 e. The maximum absolute atomic E-state index is 11.0. The van der Waals surface area contributed by atoms with Crippen molar-refractivity contribution in [1.29, 1.82) is 0 Å². The van der Waals surface area contributed by atoms with Crippen molar-refractivity contribution in [3.05, 3.63) is 29.0 Å². The molecule has 1 aliphatic rings. The molecule has 0 bridgehead atoms. The highest BCUT2D eigenvalue weighted by Crippen LogP contribution is 2.19. The fraction of sp³-hybridized carbons (Fsp3) is 0.500. The van der Waals surface area contributed by atoms with Gasteiger partial charge in [0.2, 0.25) is 5.91 Å². The highest BCUT2D eigenvalue weighted by atomic mass is 35.5. The number of primary amides is 1. The van der Waals surface area contributed by atoms with E-state index in [1.54, 1.807) is 6.20 Å². The highest BCUT2D eigenvalue weighted by molar-refractivity contribution is 6.29. The molecule has 1 aromatic rings. The number of likely N-dealkylation sites (tertiary alicyclic amines) is 1. The molecule has 0 atom stereocenters. The molecule has 1 amide bonds. The number of pyridine rings is 1. The minimum atomic E-state index is -0.170. The molecule has 17 heavy (non-hydrogen) atoms. The van der Waals surface area contributed by atoms with Crippen LogP contribution in [0.1, 0.15) is 18.4 Å². The van der Waals surface area contributed by atoms with Crippen LogP contribution in [0.25, 0.3) is 0 Å². The van der Waals surface area contributed by atoms with E-state index >= 15 is 0 Å². The van der Waals surface area contributed by atoms with Crippen molar-refractivity contribution in [2.24, 2.45) is 11.7 Å². The second-order valence-corrected chi connectivity index (χ2v) is 4.83. The zero-order valence-corrected chi connectivity index (χ0v) is 10.4. The van der Waals surface area contributed by atoms with Crippen molar-refractivity contribution in [2.75, 3.05) is 13.1 Å². The summed E-state index contributed by atoms with van der Waals surface area (Å²) in [6.45, 7) is 2.68. The van der Waals surface area contributed by atoms with E-state index in [2.05, 4.69) is 9.88 Å². The average molecular weight is 254 g/mol. The standard InChI is InChI=1S/C12H16ClN3O/c13-11-7-9(1-4-15-11)8-16-5-2-10(3-6-16)12(14)17/h1,4,7,10H,2-3,5-6,8H2,(H2,14,17). The molecule has 2 rings (SSSR count). The van der Waals surface area contributed by atoms with Crippen LogP contribution in [0.4, 0.5) is 0 Å². The van der Waals surface area contributed by atoms with Crippen LogP contribution in [-0.4, -0.2) is 28.9 Å². The molecule has 0 spiro atoms. The van der Waals surface area contributed by atoms with E-state index in [4.69, 9.17) is 17.3 Å². The van der Waals surface area contributed by atoms with Gasteiger partial charge in [-0.05, 0) is 43.6 Å². The van der Waals surface area contributed by atoms with Crippen molar-refractivity contribution >= 4 is 17.5 Å². The molecule has 1 saturated heterocycles. The van der Waals surface area contributed by atoms with E-state index in [0.717, 1.165) is 38.0 Å². The lowest BCUT2D eigenvalue weighted by atomic mass is 9.96. The predicted octanol–water partition coefficient (Wildman–Crippen LogP) is 1.43. The minimum absolute atomic E-state index is 0.0484. The highest BCUT2D eigenvalue weighted by Gasteiger charge is 2.22. The van der Waals surface area contributed by atoms with Gasteiger partial charge in [0.1, 0.15) is 5.15 Å². The van der Waals surface area contributed by atoms with Crippen LogP contribution in [0, 0.1) is 5.92 Å². The van der Waals surface area contributed by atoms with Gasteiger partial charge in [-0.15, -0.1) is 0 Å². The summed E-state index contributed by atoms with van der Waals surface area (Å²) in [6, 6.07) is 3.84. The number of aromatic nitrogens is 1. The quantitative estimate of drug-likeness (QED) is 0.829. The first-order chi connectivity index (χ1) is 8.15. The Bertz CT molecular complexity index is 402. The Hall–Kier alpha value is -1.13. The molecule has 92 valence electrons. The number of nitrogens with two attached hydrogens (primary N) is 1. The molecule has 2 heterocycles.